The third-order valence-electron chi connectivity index (χ3n) is 4.03. The van der Waals surface area contributed by atoms with E-state index in [1.807, 2.05) is 31.2 Å². The highest BCUT2D eigenvalue weighted by Crippen LogP contribution is 2.21. The molecule has 2 rings (SSSR count). The van der Waals surface area contributed by atoms with Crippen LogP contribution in [0.5, 0.6) is 0 Å². The highest BCUT2D eigenvalue weighted by atomic mass is 16.4. The monoisotopic (exact) mass is 290 g/mol. The van der Waals surface area contributed by atoms with E-state index in [1.54, 1.807) is 11.8 Å². The van der Waals surface area contributed by atoms with E-state index in [0.29, 0.717) is 13.0 Å². The number of nitrogens with one attached hydrogen (secondary N) is 1. The number of amides is 1. The maximum atomic E-state index is 12.3. The van der Waals surface area contributed by atoms with Crippen molar-refractivity contribution in [3.63, 3.8) is 0 Å². The number of aryl methyl sites for hydroxylation is 1. The molecule has 2 unspecified atom stereocenters. The summed E-state index contributed by atoms with van der Waals surface area (Å²) in [6.07, 6.45) is 2.45. The number of hydrogen-bond donors (Lipinski definition) is 2. The van der Waals surface area contributed by atoms with Crippen molar-refractivity contribution in [3.05, 3.63) is 29.8 Å². The minimum Gasteiger partial charge on any atom is -0.480 e. The van der Waals surface area contributed by atoms with Crippen LogP contribution < -0.4 is 5.32 Å². The average Bonchev–Trinajstić information content (AvgIpc) is 2.48. The number of anilines is 1. The van der Waals surface area contributed by atoms with Crippen LogP contribution in [0, 0.1) is 6.92 Å². The number of aliphatic carboxylic acids is 1. The molecule has 1 fully saturated rings. The number of carbonyl (C=O) groups is 2. The molecule has 2 atom stereocenters. The molecule has 0 spiro atoms. The third-order valence-corrected chi connectivity index (χ3v) is 4.03. The fourth-order valence-electron chi connectivity index (χ4n) is 2.72. The largest absolute Gasteiger partial charge is 0.480 e. The summed E-state index contributed by atoms with van der Waals surface area (Å²) < 4.78 is 0. The summed E-state index contributed by atoms with van der Waals surface area (Å²) >= 11 is 0. The number of likely N-dealkylation sites (tertiary alicyclic amines) is 1. The number of carboxylic acid groups (broad SMARTS) is 1. The van der Waals surface area contributed by atoms with E-state index in [-0.39, 0.29) is 5.91 Å². The van der Waals surface area contributed by atoms with Crippen molar-refractivity contribution in [2.75, 3.05) is 11.9 Å². The number of hydrogen-bond acceptors (Lipinski definition) is 3. The summed E-state index contributed by atoms with van der Waals surface area (Å²) in [7, 11) is 0. The van der Waals surface area contributed by atoms with Crippen molar-refractivity contribution in [1.29, 1.82) is 0 Å². The summed E-state index contributed by atoms with van der Waals surface area (Å²) in [5.41, 5.74) is 1.87. The number of carboxylic acids is 1. The Bertz CT molecular complexity index is 513. The van der Waals surface area contributed by atoms with Gasteiger partial charge in [0.1, 0.15) is 6.04 Å². The Kier molecular flexibility index (Phi) is 4.96. The van der Waals surface area contributed by atoms with Gasteiger partial charge in [-0.3, -0.25) is 14.5 Å². The van der Waals surface area contributed by atoms with Crippen LogP contribution in [0.2, 0.25) is 0 Å². The second-order valence-corrected chi connectivity index (χ2v) is 5.62. The lowest BCUT2D eigenvalue weighted by atomic mass is 10.00. The highest BCUT2D eigenvalue weighted by Gasteiger charge is 2.34. The molecule has 1 aromatic carbocycles. The normalized spacial score (nSPS) is 20.8. The SMILES string of the molecule is Cc1ccc(NC(=O)C(C)N2CCCCC2C(=O)O)cc1. The van der Waals surface area contributed by atoms with Gasteiger partial charge in [-0.25, -0.2) is 0 Å². The van der Waals surface area contributed by atoms with Crippen molar-refractivity contribution in [3.8, 4) is 0 Å². The summed E-state index contributed by atoms with van der Waals surface area (Å²) in [5, 5.41) is 12.1. The van der Waals surface area contributed by atoms with Gasteiger partial charge in [0, 0.05) is 5.69 Å². The zero-order valence-corrected chi connectivity index (χ0v) is 12.5. The number of rotatable bonds is 4. The van der Waals surface area contributed by atoms with Crippen molar-refractivity contribution in [2.45, 2.75) is 45.2 Å². The lowest BCUT2D eigenvalue weighted by Gasteiger charge is -2.36. The van der Waals surface area contributed by atoms with Gasteiger partial charge in [-0.2, -0.15) is 0 Å². The van der Waals surface area contributed by atoms with Crippen molar-refractivity contribution >= 4 is 17.6 Å². The molecule has 0 aliphatic carbocycles. The molecule has 1 heterocycles. The molecule has 1 saturated heterocycles. The Morgan fingerprint density at radius 1 is 1.29 bits per heavy atom. The fourth-order valence-corrected chi connectivity index (χ4v) is 2.72. The molecule has 0 saturated carbocycles. The van der Waals surface area contributed by atoms with Crippen molar-refractivity contribution in [1.82, 2.24) is 4.90 Å². The quantitative estimate of drug-likeness (QED) is 0.892. The van der Waals surface area contributed by atoms with Crippen LogP contribution in [0.4, 0.5) is 5.69 Å². The Hall–Kier alpha value is -1.88. The zero-order valence-electron chi connectivity index (χ0n) is 12.5. The van der Waals surface area contributed by atoms with Crippen molar-refractivity contribution in [2.24, 2.45) is 0 Å². The summed E-state index contributed by atoms with van der Waals surface area (Å²) in [6.45, 7) is 4.41. The van der Waals surface area contributed by atoms with Crippen LogP contribution in [-0.4, -0.2) is 40.5 Å². The second-order valence-electron chi connectivity index (χ2n) is 5.62. The third kappa shape index (κ3) is 3.82. The molecule has 1 aromatic rings. The Balaban J connectivity index is 2.03. The van der Waals surface area contributed by atoms with Crippen LogP contribution in [0.25, 0.3) is 0 Å². The summed E-state index contributed by atoms with van der Waals surface area (Å²) in [6, 6.07) is 6.56. The van der Waals surface area contributed by atoms with E-state index in [0.717, 1.165) is 24.1 Å². The van der Waals surface area contributed by atoms with Gasteiger partial charge in [-0.1, -0.05) is 24.1 Å². The molecule has 0 bridgehead atoms. The molecule has 1 amide bonds. The average molecular weight is 290 g/mol. The maximum absolute atomic E-state index is 12.3. The molecule has 0 aromatic heterocycles. The predicted molar refractivity (Wildman–Crippen MR) is 81.3 cm³/mol. The number of piperidine rings is 1. The molecule has 1 aliphatic heterocycles. The Labute approximate surface area is 125 Å². The van der Waals surface area contributed by atoms with Gasteiger partial charge in [-0.15, -0.1) is 0 Å². The molecular formula is C16H22N2O3. The van der Waals surface area contributed by atoms with Crippen LogP contribution in [0.3, 0.4) is 0 Å². The second kappa shape index (κ2) is 6.72. The molecule has 5 heteroatoms. The van der Waals surface area contributed by atoms with Crippen molar-refractivity contribution < 1.29 is 14.7 Å². The number of benzene rings is 1. The van der Waals surface area contributed by atoms with Gasteiger partial charge in [0.25, 0.3) is 0 Å². The molecule has 2 N–H and O–H groups in total. The van der Waals surface area contributed by atoms with E-state index in [1.165, 1.54) is 0 Å². The van der Waals surface area contributed by atoms with E-state index >= 15 is 0 Å². The fraction of sp³-hybridized carbons (Fsp3) is 0.500. The minimum atomic E-state index is -0.843. The van der Waals surface area contributed by atoms with Crippen LogP contribution >= 0.6 is 0 Å². The van der Waals surface area contributed by atoms with Crippen LogP contribution in [0.15, 0.2) is 24.3 Å². The lowest BCUT2D eigenvalue weighted by molar-refractivity contribution is -0.146. The summed E-state index contributed by atoms with van der Waals surface area (Å²) in [4.78, 5) is 25.4. The maximum Gasteiger partial charge on any atom is 0.320 e. The number of carbonyl (C=O) groups excluding carboxylic acids is 1. The first-order valence-corrected chi connectivity index (χ1v) is 7.35. The number of nitrogens with zero attached hydrogens (tertiary/aromatic N) is 1. The predicted octanol–water partition coefficient (Wildman–Crippen LogP) is 2.26. The molecular weight excluding hydrogens is 268 g/mol. The first kappa shape index (κ1) is 15.5. The molecule has 21 heavy (non-hydrogen) atoms. The van der Waals surface area contributed by atoms with E-state index < -0.39 is 18.1 Å². The van der Waals surface area contributed by atoms with E-state index in [9.17, 15) is 14.7 Å². The topological polar surface area (TPSA) is 69.6 Å². The molecule has 1 aliphatic rings. The van der Waals surface area contributed by atoms with Gasteiger partial charge in [0.05, 0.1) is 6.04 Å². The van der Waals surface area contributed by atoms with Gasteiger partial charge in [0.15, 0.2) is 0 Å². The molecule has 114 valence electrons. The van der Waals surface area contributed by atoms with E-state index in [4.69, 9.17) is 0 Å². The lowest BCUT2D eigenvalue weighted by Crippen LogP contribution is -2.53. The molecule has 5 nitrogen and oxygen atoms in total. The Morgan fingerprint density at radius 2 is 1.95 bits per heavy atom. The van der Waals surface area contributed by atoms with Crippen LogP contribution in [0.1, 0.15) is 31.7 Å². The Morgan fingerprint density at radius 3 is 2.57 bits per heavy atom. The van der Waals surface area contributed by atoms with Gasteiger partial charge < -0.3 is 10.4 Å². The summed E-state index contributed by atoms with van der Waals surface area (Å²) in [5.74, 6) is -1.00. The standard InChI is InChI=1S/C16H22N2O3/c1-11-6-8-13(9-7-11)17-15(19)12(2)18-10-4-3-5-14(18)16(20)21/h6-9,12,14H,3-5,10H2,1-2H3,(H,17,19)(H,20,21). The van der Waals surface area contributed by atoms with Gasteiger partial charge >= 0.3 is 5.97 Å². The van der Waals surface area contributed by atoms with E-state index in [2.05, 4.69) is 5.32 Å². The van der Waals surface area contributed by atoms with Crippen LogP contribution in [-0.2, 0) is 9.59 Å². The smallest absolute Gasteiger partial charge is 0.320 e. The molecule has 0 radical (unpaired) electrons. The van der Waals surface area contributed by atoms with Gasteiger partial charge in [0.2, 0.25) is 5.91 Å². The van der Waals surface area contributed by atoms with Gasteiger partial charge in [-0.05, 0) is 45.4 Å². The first-order chi connectivity index (χ1) is 9.99. The minimum absolute atomic E-state index is 0.160. The highest BCUT2D eigenvalue weighted by molar-refractivity contribution is 5.95. The first-order valence-electron chi connectivity index (χ1n) is 7.35. The zero-order chi connectivity index (χ0) is 15.4.